The summed E-state index contributed by atoms with van der Waals surface area (Å²) in [6, 6.07) is 9.81. The van der Waals surface area contributed by atoms with Crippen molar-refractivity contribution >= 4 is 35.0 Å². The Hall–Kier alpha value is -2.93. The average molecular weight is 377 g/mol. The van der Waals surface area contributed by atoms with E-state index >= 15 is 0 Å². The molecule has 7 nitrogen and oxygen atoms in total. The molecule has 3 rings (SSSR count). The number of nitrogens with one attached hydrogen (secondary N) is 2. The van der Waals surface area contributed by atoms with Crippen molar-refractivity contribution in [2.75, 3.05) is 31.0 Å². The lowest BCUT2D eigenvalue weighted by Gasteiger charge is -2.12. The van der Waals surface area contributed by atoms with Gasteiger partial charge in [0.15, 0.2) is 11.5 Å². The van der Waals surface area contributed by atoms with Crippen LogP contribution in [-0.2, 0) is 4.74 Å². The lowest BCUT2D eigenvalue weighted by Crippen LogP contribution is -2.14. The standard InChI is InChI=1S/C18H17ClN2O5/c1-24-18(23)21-13-5-2-4-12(10-13)20-17(22)11-8-14(19)16-15(9-11)25-6-3-7-26-16/h2,4-5,8-10H,3,6-7H2,1H3,(H,20,22)(H,21,23). The normalized spacial score (nSPS) is 12.7. The van der Waals surface area contributed by atoms with Crippen LogP contribution in [-0.4, -0.2) is 32.3 Å². The third-order valence-electron chi connectivity index (χ3n) is 3.62. The Morgan fingerprint density at radius 1 is 1.08 bits per heavy atom. The Morgan fingerprint density at radius 2 is 1.81 bits per heavy atom. The number of fused-ring (bicyclic) bond motifs is 1. The van der Waals surface area contributed by atoms with Crippen molar-refractivity contribution in [2.24, 2.45) is 0 Å². The minimum absolute atomic E-state index is 0.315. The van der Waals surface area contributed by atoms with E-state index in [4.69, 9.17) is 21.1 Å². The van der Waals surface area contributed by atoms with E-state index in [0.29, 0.717) is 46.7 Å². The summed E-state index contributed by atoms with van der Waals surface area (Å²) in [7, 11) is 1.27. The number of ether oxygens (including phenoxy) is 3. The minimum Gasteiger partial charge on any atom is -0.489 e. The van der Waals surface area contributed by atoms with Crippen LogP contribution in [0.4, 0.5) is 16.2 Å². The van der Waals surface area contributed by atoms with Gasteiger partial charge in [-0.3, -0.25) is 10.1 Å². The van der Waals surface area contributed by atoms with Gasteiger partial charge in [-0.05, 0) is 30.3 Å². The highest BCUT2D eigenvalue weighted by Gasteiger charge is 2.18. The Balaban J connectivity index is 1.78. The zero-order valence-electron chi connectivity index (χ0n) is 14.0. The number of hydrogen-bond donors (Lipinski definition) is 2. The summed E-state index contributed by atoms with van der Waals surface area (Å²) in [5, 5.41) is 5.60. The molecule has 0 radical (unpaired) electrons. The largest absolute Gasteiger partial charge is 0.489 e. The first-order valence-corrected chi connectivity index (χ1v) is 8.30. The van der Waals surface area contributed by atoms with Gasteiger partial charge in [0.05, 0.1) is 25.3 Å². The van der Waals surface area contributed by atoms with Crippen molar-refractivity contribution in [3.8, 4) is 11.5 Å². The van der Waals surface area contributed by atoms with Gasteiger partial charge < -0.3 is 19.5 Å². The number of rotatable bonds is 3. The molecule has 2 amide bonds. The fourth-order valence-corrected chi connectivity index (χ4v) is 2.67. The van der Waals surface area contributed by atoms with Gasteiger partial charge in [0.2, 0.25) is 0 Å². The van der Waals surface area contributed by atoms with E-state index in [0.717, 1.165) is 6.42 Å². The molecule has 2 N–H and O–H groups in total. The van der Waals surface area contributed by atoms with Crippen LogP contribution in [0.1, 0.15) is 16.8 Å². The first-order valence-electron chi connectivity index (χ1n) is 7.92. The van der Waals surface area contributed by atoms with Crippen molar-refractivity contribution in [3.05, 3.63) is 47.0 Å². The molecular weight excluding hydrogens is 360 g/mol. The molecule has 0 atom stereocenters. The number of carbonyl (C=O) groups excluding carboxylic acids is 2. The molecule has 0 saturated heterocycles. The topological polar surface area (TPSA) is 85.9 Å². The van der Waals surface area contributed by atoms with E-state index in [1.54, 1.807) is 30.3 Å². The lowest BCUT2D eigenvalue weighted by molar-refractivity contribution is 0.102. The number of anilines is 2. The van der Waals surface area contributed by atoms with Crippen LogP contribution in [0.5, 0.6) is 11.5 Å². The Kier molecular flexibility index (Phi) is 5.48. The Bertz CT molecular complexity index is 840. The number of methoxy groups -OCH3 is 1. The minimum atomic E-state index is -0.594. The predicted octanol–water partition coefficient (Wildman–Crippen LogP) is 3.93. The predicted molar refractivity (Wildman–Crippen MR) is 97.5 cm³/mol. The lowest BCUT2D eigenvalue weighted by atomic mass is 10.1. The molecule has 0 bridgehead atoms. The number of carbonyl (C=O) groups is 2. The number of halogens is 1. The SMILES string of the molecule is COC(=O)Nc1cccc(NC(=O)c2cc(Cl)c3c(c2)OCCCO3)c1. The first-order chi connectivity index (χ1) is 12.6. The molecule has 0 spiro atoms. The zero-order valence-corrected chi connectivity index (χ0v) is 14.8. The summed E-state index contributed by atoms with van der Waals surface area (Å²) in [6.45, 7) is 1.01. The fourth-order valence-electron chi connectivity index (χ4n) is 2.41. The number of hydrogen-bond acceptors (Lipinski definition) is 5. The van der Waals surface area contributed by atoms with E-state index in [-0.39, 0.29) is 5.91 Å². The molecule has 0 aromatic heterocycles. The molecular formula is C18H17ClN2O5. The van der Waals surface area contributed by atoms with Gasteiger partial charge in [0, 0.05) is 23.4 Å². The second-order valence-electron chi connectivity index (χ2n) is 5.49. The van der Waals surface area contributed by atoms with E-state index in [1.165, 1.54) is 13.2 Å². The first kappa shape index (κ1) is 17.9. The second kappa shape index (κ2) is 7.97. The molecule has 1 heterocycles. The van der Waals surface area contributed by atoms with Gasteiger partial charge in [-0.25, -0.2) is 4.79 Å². The summed E-state index contributed by atoms with van der Waals surface area (Å²) in [5.41, 5.74) is 1.34. The molecule has 8 heteroatoms. The van der Waals surface area contributed by atoms with E-state index < -0.39 is 6.09 Å². The molecule has 2 aromatic rings. The highest BCUT2D eigenvalue weighted by atomic mass is 35.5. The quantitative estimate of drug-likeness (QED) is 0.847. The maximum atomic E-state index is 12.5. The summed E-state index contributed by atoms with van der Waals surface area (Å²) in [4.78, 5) is 23.8. The Morgan fingerprint density at radius 3 is 2.58 bits per heavy atom. The van der Waals surface area contributed by atoms with Crippen molar-refractivity contribution in [1.82, 2.24) is 0 Å². The van der Waals surface area contributed by atoms with Gasteiger partial charge in [-0.15, -0.1) is 0 Å². The number of benzene rings is 2. The summed E-state index contributed by atoms with van der Waals surface area (Å²) >= 11 is 6.22. The van der Waals surface area contributed by atoms with Crippen molar-refractivity contribution in [3.63, 3.8) is 0 Å². The molecule has 0 fully saturated rings. The van der Waals surface area contributed by atoms with Gasteiger partial charge in [0.25, 0.3) is 5.91 Å². The van der Waals surface area contributed by atoms with Crippen LogP contribution in [0, 0.1) is 0 Å². The van der Waals surface area contributed by atoms with Crippen LogP contribution in [0.15, 0.2) is 36.4 Å². The van der Waals surface area contributed by atoms with Gasteiger partial charge in [0.1, 0.15) is 0 Å². The zero-order chi connectivity index (χ0) is 18.5. The second-order valence-corrected chi connectivity index (χ2v) is 5.89. The Labute approximate surface area is 155 Å². The molecule has 0 aliphatic carbocycles. The van der Waals surface area contributed by atoms with Crippen molar-refractivity contribution in [2.45, 2.75) is 6.42 Å². The third-order valence-corrected chi connectivity index (χ3v) is 3.90. The molecule has 26 heavy (non-hydrogen) atoms. The van der Waals surface area contributed by atoms with Crippen LogP contribution >= 0.6 is 11.6 Å². The molecule has 1 aliphatic rings. The van der Waals surface area contributed by atoms with Crippen molar-refractivity contribution in [1.29, 1.82) is 0 Å². The summed E-state index contributed by atoms with van der Waals surface area (Å²) in [5.74, 6) is 0.531. The van der Waals surface area contributed by atoms with Crippen LogP contribution < -0.4 is 20.1 Å². The molecule has 2 aromatic carbocycles. The number of amides is 2. The summed E-state index contributed by atoms with van der Waals surface area (Å²) < 4.78 is 15.7. The maximum Gasteiger partial charge on any atom is 0.411 e. The molecule has 1 aliphatic heterocycles. The van der Waals surface area contributed by atoms with Crippen LogP contribution in [0.3, 0.4) is 0 Å². The van der Waals surface area contributed by atoms with Gasteiger partial charge in [-0.2, -0.15) is 0 Å². The van der Waals surface area contributed by atoms with E-state index in [1.807, 2.05) is 0 Å². The smallest absolute Gasteiger partial charge is 0.411 e. The van der Waals surface area contributed by atoms with Gasteiger partial charge in [-0.1, -0.05) is 17.7 Å². The molecule has 136 valence electrons. The average Bonchev–Trinajstić information content (AvgIpc) is 2.87. The highest BCUT2D eigenvalue weighted by Crippen LogP contribution is 2.38. The maximum absolute atomic E-state index is 12.5. The molecule has 0 unspecified atom stereocenters. The van der Waals surface area contributed by atoms with Crippen molar-refractivity contribution < 1.29 is 23.8 Å². The highest BCUT2D eigenvalue weighted by molar-refractivity contribution is 6.32. The van der Waals surface area contributed by atoms with E-state index in [9.17, 15) is 9.59 Å². The monoisotopic (exact) mass is 376 g/mol. The third kappa shape index (κ3) is 4.18. The van der Waals surface area contributed by atoms with Crippen LogP contribution in [0.25, 0.3) is 0 Å². The molecule has 0 saturated carbocycles. The fraction of sp³-hybridized carbons (Fsp3) is 0.222. The van der Waals surface area contributed by atoms with Gasteiger partial charge >= 0.3 is 6.09 Å². The summed E-state index contributed by atoms with van der Waals surface area (Å²) in [6.07, 6.45) is 0.148. The van der Waals surface area contributed by atoms with E-state index in [2.05, 4.69) is 15.4 Å². The van der Waals surface area contributed by atoms with Crippen LogP contribution in [0.2, 0.25) is 5.02 Å².